The third kappa shape index (κ3) is 3.60. The number of piperazine rings is 1. The van der Waals surface area contributed by atoms with Crippen molar-refractivity contribution < 1.29 is 9.90 Å². The molecule has 0 bridgehead atoms. The summed E-state index contributed by atoms with van der Waals surface area (Å²) in [5.74, 6) is -0.0745. The molecule has 1 N–H and O–H groups in total. The van der Waals surface area contributed by atoms with Crippen LogP contribution in [0.4, 0.5) is 0 Å². The van der Waals surface area contributed by atoms with Crippen molar-refractivity contribution in [2.75, 3.05) is 39.3 Å². The predicted octanol–water partition coefficient (Wildman–Crippen LogP) is 3.10. The number of amides is 1. The first-order valence-corrected chi connectivity index (χ1v) is 10.7. The quantitative estimate of drug-likeness (QED) is 0.714. The molecule has 30 heavy (non-hydrogen) atoms. The lowest BCUT2D eigenvalue weighted by molar-refractivity contribution is -0.00111. The molecule has 0 saturated carbocycles. The molecule has 0 aliphatic carbocycles. The minimum atomic E-state index is -0.879. The highest BCUT2D eigenvalue weighted by atomic mass is 16.3. The van der Waals surface area contributed by atoms with E-state index in [2.05, 4.69) is 40.1 Å². The van der Waals surface area contributed by atoms with E-state index in [4.69, 9.17) is 0 Å². The number of hydrogen-bond donors (Lipinski definition) is 1. The van der Waals surface area contributed by atoms with Crippen molar-refractivity contribution in [2.45, 2.75) is 12.8 Å². The number of carbonyl (C=O) groups excluding carboxylic acids is 1. The Morgan fingerprint density at radius 3 is 2.27 bits per heavy atom. The van der Waals surface area contributed by atoms with Gasteiger partial charge in [0.2, 0.25) is 0 Å². The predicted molar refractivity (Wildman–Crippen MR) is 118 cm³/mol. The van der Waals surface area contributed by atoms with Crippen molar-refractivity contribution in [3.8, 4) is 0 Å². The lowest BCUT2D eigenvalue weighted by Crippen LogP contribution is -2.49. The van der Waals surface area contributed by atoms with E-state index in [0.717, 1.165) is 55.6 Å². The van der Waals surface area contributed by atoms with Crippen molar-refractivity contribution in [3.05, 3.63) is 83.4 Å². The van der Waals surface area contributed by atoms with Gasteiger partial charge >= 0.3 is 0 Å². The largest absolute Gasteiger partial charge is 0.369 e. The smallest absolute Gasteiger partial charge is 0.256 e. The van der Waals surface area contributed by atoms with Gasteiger partial charge < -0.3 is 10.0 Å². The Balaban J connectivity index is 1.21. The number of benzene rings is 3. The molecule has 1 amide bonds. The first kappa shape index (κ1) is 19.2. The fraction of sp³-hybridized carbons (Fsp3) is 0.320. The fourth-order valence-electron chi connectivity index (χ4n) is 4.68. The van der Waals surface area contributed by atoms with Crippen LogP contribution < -0.4 is 0 Å². The van der Waals surface area contributed by atoms with E-state index in [-0.39, 0.29) is 5.91 Å². The number of hydrogen-bond acceptors (Lipinski definition) is 4. The van der Waals surface area contributed by atoms with Crippen molar-refractivity contribution in [2.24, 2.45) is 0 Å². The monoisotopic (exact) mass is 401 g/mol. The van der Waals surface area contributed by atoms with E-state index in [1.54, 1.807) is 4.90 Å². The topological polar surface area (TPSA) is 47.0 Å². The second-order valence-corrected chi connectivity index (χ2v) is 8.23. The first-order valence-electron chi connectivity index (χ1n) is 10.7. The summed E-state index contributed by atoms with van der Waals surface area (Å²) < 4.78 is 0. The standard InChI is InChI=1S/C25H27N3O2/c29-24-21-10-4-8-20-9-5-11-22(23(20)21)25(30)28(24)17-16-26-12-14-27(15-13-26)18-19-6-2-1-3-7-19/h1-11,24,29H,12-18H2. The van der Waals surface area contributed by atoms with Gasteiger partial charge in [0.25, 0.3) is 5.91 Å². The molecule has 3 aromatic carbocycles. The van der Waals surface area contributed by atoms with Gasteiger partial charge in [-0.25, -0.2) is 0 Å². The van der Waals surface area contributed by atoms with E-state index in [1.807, 2.05) is 36.4 Å². The Hall–Kier alpha value is -2.73. The molecular formula is C25H27N3O2. The summed E-state index contributed by atoms with van der Waals surface area (Å²) in [5, 5.41) is 12.8. The van der Waals surface area contributed by atoms with Gasteiger partial charge in [0.05, 0.1) is 0 Å². The number of aliphatic hydroxyl groups is 1. The molecule has 5 rings (SSSR count). The normalized spacial score (nSPS) is 20.1. The van der Waals surface area contributed by atoms with Crippen LogP contribution in [0.25, 0.3) is 10.8 Å². The number of rotatable bonds is 5. The van der Waals surface area contributed by atoms with E-state index in [1.165, 1.54) is 5.56 Å². The Bertz CT molecular complexity index is 1040. The molecule has 0 radical (unpaired) electrons. The minimum Gasteiger partial charge on any atom is -0.369 e. The van der Waals surface area contributed by atoms with Crippen LogP contribution >= 0.6 is 0 Å². The number of nitrogens with zero attached hydrogens (tertiary/aromatic N) is 3. The number of aliphatic hydroxyl groups excluding tert-OH is 1. The summed E-state index contributed by atoms with van der Waals surface area (Å²) in [4.78, 5) is 19.6. The third-order valence-electron chi connectivity index (χ3n) is 6.37. The van der Waals surface area contributed by atoms with Gasteiger partial charge in [-0.05, 0) is 17.0 Å². The molecule has 1 fully saturated rings. The van der Waals surface area contributed by atoms with Crippen molar-refractivity contribution in [1.82, 2.24) is 14.7 Å². The Morgan fingerprint density at radius 2 is 1.50 bits per heavy atom. The van der Waals surface area contributed by atoms with E-state index >= 15 is 0 Å². The van der Waals surface area contributed by atoms with Gasteiger partial charge in [-0.15, -0.1) is 0 Å². The molecule has 3 aromatic rings. The van der Waals surface area contributed by atoms with Gasteiger partial charge in [-0.2, -0.15) is 0 Å². The maximum absolute atomic E-state index is 13.1. The molecule has 1 saturated heterocycles. The molecule has 1 atom stereocenters. The highest BCUT2D eigenvalue weighted by molar-refractivity contribution is 6.10. The van der Waals surface area contributed by atoms with E-state index in [0.29, 0.717) is 12.1 Å². The van der Waals surface area contributed by atoms with Crippen LogP contribution in [0.1, 0.15) is 27.7 Å². The summed E-state index contributed by atoms with van der Waals surface area (Å²) in [7, 11) is 0. The highest BCUT2D eigenvalue weighted by Gasteiger charge is 2.32. The van der Waals surface area contributed by atoms with Crippen molar-refractivity contribution >= 4 is 16.7 Å². The number of carbonyl (C=O) groups is 1. The average molecular weight is 402 g/mol. The van der Waals surface area contributed by atoms with E-state index in [9.17, 15) is 9.90 Å². The molecule has 2 aliphatic heterocycles. The highest BCUT2D eigenvalue weighted by Crippen LogP contribution is 2.35. The molecule has 2 aliphatic rings. The third-order valence-corrected chi connectivity index (χ3v) is 6.37. The molecule has 154 valence electrons. The SMILES string of the molecule is O=C1c2cccc3cccc(c23)C(O)N1CCN1CCN(Cc2ccccc2)CC1. The van der Waals surface area contributed by atoms with Crippen LogP contribution in [0.2, 0.25) is 0 Å². The van der Waals surface area contributed by atoms with Crippen LogP contribution in [0, 0.1) is 0 Å². The summed E-state index contributed by atoms with van der Waals surface area (Å²) in [5.41, 5.74) is 2.87. The van der Waals surface area contributed by atoms with E-state index < -0.39 is 6.23 Å². The van der Waals surface area contributed by atoms with Crippen LogP contribution in [0.15, 0.2) is 66.7 Å². The molecule has 1 unspecified atom stereocenters. The van der Waals surface area contributed by atoms with Gasteiger partial charge in [0.15, 0.2) is 6.23 Å². The lowest BCUT2D eigenvalue weighted by atomic mass is 9.93. The zero-order valence-electron chi connectivity index (χ0n) is 17.1. The zero-order valence-corrected chi connectivity index (χ0v) is 17.1. The maximum Gasteiger partial charge on any atom is 0.256 e. The summed E-state index contributed by atoms with van der Waals surface area (Å²) in [6.07, 6.45) is -0.879. The van der Waals surface area contributed by atoms with Crippen molar-refractivity contribution in [3.63, 3.8) is 0 Å². The molecule has 5 nitrogen and oxygen atoms in total. The molecular weight excluding hydrogens is 374 g/mol. The van der Waals surface area contributed by atoms with Gasteiger partial charge in [-0.3, -0.25) is 14.6 Å². The lowest BCUT2D eigenvalue weighted by Gasteiger charge is -2.38. The molecule has 0 spiro atoms. The minimum absolute atomic E-state index is 0.0745. The summed E-state index contributed by atoms with van der Waals surface area (Å²) >= 11 is 0. The zero-order chi connectivity index (χ0) is 20.5. The van der Waals surface area contributed by atoms with Gasteiger partial charge in [0.1, 0.15) is 0 Å². The average Bonchev–Trinajstić information content (AvgIpc) is 2.79. The summed E-state index contributed by atoms with van der Waals surface area (Å²) in [6, 6.07) is 22.2. The van der Waals surface area contributed by atoms with Gasteiger partial charge in [-0.1, -0.05) is 60.7 Å². The van der Waals surface area contributed by atoms with Crippen LogP contribution in [-0.2, 0) is 6.54 Å². The Morgan fingerprint density at radius 1 is 0.800 bits per heavy atom. The molecule has 5 heteroatoms. The Labute approximate surface area is 177 Å². The fourth-order valence-corrected chi connectivity index (χ4v) is 4.68. The van der Waals surface area contributed by atoms with Gasteiger partial charge in [0, 0.05) is 62.3 Å². The maximum atomic E-state index is 13.1. The van der Waals surface area contributed by atoms with Crippen molar-refractivity contribution in [1.29, 1.82) is 0 Å². The van der Waals surface area contributed by atoms with Crippen LogP contribution in [0.3, 0.4) is 0 Å². The van der Waals surface area contributed by atoms with Crippen LogP contribution in [0.5, 0.6) is 0 Å². The second-order valence-electron chi connectivity index (χ2n) is 8.23. The summed E-state index contributed by atoms with van der Waals surface area (Å²) in [6.45, 7) is 6.30. The Kier molecular flexibility index (Phi) is 5.25. The molecule has 2 heterocycles. The second kappa shape index (κ2) is 8.19. The molecule has 0 aromatic heterocycles. The van der Waals surface area contributed by atoms with Crippen LogP contribution in [-0.4, -0.2) is 65.0 Å². The first-order chi connectivity index (χ1) is 14.7.